The molecule has 5 heteroatoms. The quantitative estimate of drug-likeness (QED) is 0.508. The number of nitrogens with zero attached hydrogens (tertiary/aromatic N) is 4. The third-order valence-electron chi connectivity index (χ3n) is 1.48. The molecule has 1 aromatic rings. The average Bonchev–Trinajstić information content (AvgIpc) is 2.45. The van der Waals surface area contributed by atoms with Crippen molar-refractivity contribution in [2.75, 3.05) is 0 Å². The van der Waals surface area contributed by atoms with Gasteiger partial charge in [-0.3, -0.25) is 4.79 Å². The van der Waals surface area contributed by atoms with Crippen molar-refractivity contribution in [3.05, 3.63) is 16.6 Å². The summed E-state index contributed by atoms with van der Waals surface area (Å²) in [4.78, 5) is 15.0. The summed E-state index contributed by atoms with van der Waals surface area (Å²) in [5.74, 6) is 0. The Labute approximate surface area is 62.4 Å². The predicted molar refractivity (Wildman–Crippen MR) is 39.4 cm³/mol. The van der Waals surface area contributed by atoms with Crippen molar-refractivity contribution in [3.8, 4) is 0 Å². The topological polar surface area (TPSA) is 61.4 Å². The van der Waals surface area contributed by atoms with Gasteiger partial charge in [-0.25, -0.2) is 15.0 Å². The minimum atomic E-state index is -0.208. The van der Waals surface area contributed by atoms with Gasteiger partial charge in [0.25, 0.3) is 5.56 Å². The lowest BCUT2D eigenvalue weighted by atomic mass is 10.4. The third-order valence-corrected chi connectivity index (χ3v) is 1.48. The molecule has 5 nitrogen and oxygen atoms in total. The van der Waals surface area contributed by atoms with Gasteiger partial charge in [0.15, 0.2) is 5.69 Å². The van der Waals surface area contributed by atoms with E-state index >= 15 is 0 Å². The highest BCUT2D eigenvalue weighted by Gasteiger charge is 2.12. The van der Waals surface area contributed by atoms with Gasteiger partial charge in [0.2, 0.25) is 0 Å². The number of aryl methyl sites for hydroxylation is 1. The Balaban J connectivity index is 2.80. The number of fused-ring (bicyclic) bond motifs is 1. The average molecular weight is 149 g/mol. The molecule has 0 N–H and O–H groups in total. The smallest absolute Gasteiger partial charge is 0.265 e. The van der Waals surface area contributed by atoms with Gasteiger partial charge in [0.05, 0.1) is 6.20 Å². The number of hydrogen-bond acceptors (Lipinski definition) is 3. The highest BCUT2D eigenvalue weighted by Crippen LogP contribution is 2.21. The Hall–Kier alpha value is -1.65. The summed E-state index contributed by atoms with van der Waals surface area (Å²) < 4.78 is 1.23. The van der Waals surface area contributed by atoms with Crippen LogP contribution in [0.15, 0.2) is 16.0 Å². The molecule has 1 aromatic heterocycles. The lowest BCUT2D eigenvalue weighted by molar-refractivity contribution is 0.709. The van der Waals surface area contributed by atoms with E-state index in [4.69, 9.17) is 0 Å². The lowest BCUT2D eigenvalue weighted by Gasteiger charge is -1.96. The first-order valence-electron chi connectivity index (χ1n) is 3.09. The van der Waals surface area contributed by atoms with Gasteiger partial charge in [-0.2, -0.15) is 5.10 Å². The van der Waals surface area contributed by atoms with Crippen LogP contribution >= 0.6 is 0 Å². The zero-order valence-corrected chi connectivity index (χ0v) is 5.85. The van der Waals surface area contributed by atoms with E-state index < -0.39 is 0 Å². The lowest BCUT2D eigenvalue weighted by Crippen LogP contribution is -2.18. The summed E-state index contributed by atoms with van der Waals surface area (Å²) in [6, 6.07) is 0. The zero-order valence-electron chi connectivity index (χ0n) is 5.85. The van der Waals surface area contributed by atoms with Gasteiger partial charge in [-0.1, -0.05) is 0 Å². The molecule has 0 saturated carbocycles. The van der Waals surface area contributed by atoms with Gasteiger partial charge in [-0.15, -0.1) is 0 Å². The maximum absolute atomic E-state index is 11.2. The summed E-state index contributed by atoms with van der Waals surface area (Å²) in [5, 5.41) is 7.61. The van der Waals surface area contributed by atoms with E-state index in [1.54, 1.807) is 7.05 Å². The Kier molecular flexibility index (Phi) is 1.06. The van der Waals surface area contributed by atoms with E-state index in [9.17, 15) is 4.79 Å². The van der Waals surface area contributed by atoms with Crippen molar-refractivity contribution in [2.24, 2.45) is 12.0 Å². The number of aliphatic imine (C=N–C) groups is 1. The third kappa shape index (κ3) is 0.739. The van der Waals surface area contributed by atoms with Crippen molar-refractivity contribution in [1.82, 2.24) is 15.1 Å². The van der Waals surface area contributed by atoms with Crippen LogP contribution in [-0.4, -0.2) is 16.1 Å². The monoisotopic (exact) mass is 149 g/mol. The van der Waals surface area contributed by atoms with Crippen molar-refractivity contribution in [1.29, 1.82) is 0 Å². The number of aromatic nitrogens is 2. The van der Waals surface area contributed by atoms with E-state index in [1.165, 1.54) is 17.2 Å². The van der Waals surface area contributed by atoms with Crippen molar-refractivity contribution in [3.63, 3.8) is 0 Å². The van der Waals surface area contributed by atoms with Crippen LogP contribution in [0.3, 0.4) is 0 Å². The molecule has 0 atom stereocenters. The number of hydrogen-bond donors (Lipinski definition) is 0. The molecule has 2 heterocycles. The Bertz CT molecular complexity index is 379. The Morgan fingerprint density at radius 3 is 3.18 bits per heavy atom. The van der Waals surface area contributed by atoms with Crippen LogP contribution in [0.2, 0.25) is 0 Å². The molecule has 0 fully saturated rings. The van der Waals surface area contributed by atoms with E-state index in [0.717, 1.165) is 0 Å². The second kappa shape index (κ2) is 1.91. The summed E-state index contributed by atoms with van der Waals surface area (Å²) in [6.07, 6.45) is 2.87. The van der Waals surface area contributed by atoms with Gasteiger partial charge in [0.1, 0.15) is 12.0 Å². The second-order valence-electron chi connectivity index (χ2n) is 2.18. The highest BCUT2D eigenvalue weighted by atomic mass is 16.1. The summed E-state index contributed by atoms with van der Waals surface area (Å²) in [6.45, 7) is 0. The summed E-state index contributed by atoms with van der Waals surface area (Å²) >= 11 is 0. The largest absolute Gasteiger partial charge is 0.294 e. The first-order chi connectivity index (χ1) is 5.29. The molecule has 1 aliphatic heterocycles. The molecule has 0 unspecified atom stereocenters. The summed E-state index contributed by atoms with van der Waals surface area (Å²) in [7, 11) is 1.58. The van der Waals surface area contributed by atoms with Crippen LogP contribution in [0.25, 0.3) is 0 Å². The Morgan fingerprint density at radius 1 is 1.55 bits per heavy atom. The van der Waals surface area contributed by atoms with Gasteiger partial charge < -0.3 is 0 Å². The molecule has 55 valence electrons. The molecule has 0 aromatic carbocycles. The second-order valence-corrected chi connectivity index (χ2v) is 2.18. The van der Waals surface area contributed by atoms with Crippen LogP contribution in [0.1, 0.15) is 0 Å². The van der Waals surface area contributed by atoms with Crippen molar-refractivity contribution >= 4 is 17.7 Å². The molecular weight excluding hydrogens is 144 g/mol. The van der Waals surface area contributed by atoms with Gasteiger partial charge >= 0.3 is 0 Å². The van der Waals surface area contributed by atoms with Crippen LogP contribution < -0.4 is 10.9 Å². The SMILES string of the molecule is Cn1ncc2c(c1=O)N=C[N]2. The fraction of sp³-hybridized carbons (Fsp3) is 0.167. The number of rotatable bonds is 0. The van der Waals surface area contributed by atoms with Crippen molar-refractivity contribution in [2.45, 2.75) is 0 Å². The molecule has 0 spiro atoms. The Morgan fingerprint density at radius 2 is 2.36 bits per heavy atom. The van der Waals surface area contributed by atoms with Crippen molar-refractivity contribution < 1.29 is 0 Å². The van der Waals surface area contributed by atoms with E-state index in [0.29, 0.717) is 11.4 Å². The van der Waals surface area contributed by atoms with E-state index in [1.807, 2.05) is 0 Å². The van der Waals surface area contributed by atoms with Gasteiger partial charge in [-0.05, 0) is 0 Å². The van der Waals surface area contributed by atoms with Crippen LogP contribution in [-0.2, 0) is 7.05 Å². The minimum Gasteiger partial charge on any atom is -0.265 e. The summed E-state index contributed by atoms with van der Waals surface area (Å²) in [5.41, 5.74) is 0.718. The molecule has 2 rings (SSSR count). The van der Waals surface area contributed by atoms with Crippen LogP contribution in [0, 0.1) is 0 Å². The fourth-order valence-electron chi connectivity index (χ4n) is 0.882. The zero-order chi connectivity index (χ0) is 7.84. The van der Waals surface area contributed by atoms with E-state index in [2.05, 4.69) is 15.4 Å². The maximum Gasteiger partial charge on any atom is 0.294 e. The predicted octanol–water partition coefficient (Wildman–Crippen LogP) is -0.310. The molecule has 11 heavy (non-hydrogen) atoms. The molecular formula is C6H5N4O. The normalized spacial score (nSPS) is 12.8. The molecule has 0 saturated heterocycles. The minimum absolute atomic E-state index is 0.208. The maximum atomic E-state index is 11.2. The first-order valence-corrected chi connectivity index (χ1v) is 3.09. The van der Waals surface area contributed by atoms with Crippen LogP contribution in [0.5, 0.6) is 0 Å². The van der Waals surface area contributed by atoms with E-state index in [-0.39, 0.29) is 5.56 Å². The first kappa shape index (κ1) is 6.09. The molecule has 0 bridgehead atoms. The standard InChI is InChI=1S/C6H5N4O/c1-10-6(11)5-4(2-9-10)7-3-8-5/h2-3H,1H3. The molecule has 1 radical (unpaired) electrons. The van der Waals surface area contributed by atoms with Crippen LogP contribution in [0.4, 0.5) is 11.4 Å². The molecule has 0 aliphatic carbocycles. The molecule has 1 aliphatic rings. The highest BCUT2D eigenvalue weighted by molar-refractivity contribution is 5.80. The fourth-order valence-corrected chi connectivity index (χ4v) is 0.882. The molecule has 0 amide bonds. The van der Waals surface area contributed by atoms with Gasteiger partial charge in [0, 0.05) is 7.05 Å².